The monoisotopic (exact) mass is 587 g/mol. The molecule has 0 unspecified atom stereocenters. The van der Waals surface area contributed by atoms with Gasteiger partial charge in [0.05, 0.1) is 0 Å². The van der Waals surface area contributed by atoms with Crippen LogP contribution in [0.4, 0.5) is 0 Å². The van der Waals surface area contributed by atoms with Crippen LogP contribution in [-0.2, 0) is 0 Å². The van der Waals surface area contributed by atoms with Gasteiger partial charge >= 0.3 is 38.2 Å². The van der Waals surface area contributed by atoms with Crippen LogP contribution >= 0.6 is 0 Å². The molecule has 7 heteroatoms. The Hall–Kier alpha value is -0.317. The summed E-state index contributed by atoms with van der Waals surface area (Å²) in [5, 5.41) is 0. The van der Waals surface area contributed by atoms with Crippen LogP contribution in [-0.4, -0.2) is 92.6 Å². The van der Waals surface area contributed by atoms with Crippen molar-refractivity contribution in [1.82, 2.24) is 14.7 Å². The number of hydrogen-bond acceptors (Lipinski definition) is 3. The van der Waals surface area contributed by atoms with Crippen molar-refractivity contribution in [3.05, 3.63) is 0 Å². The van der Waals surface area contributed by atoms with Gasteiger partial charge < -0.3 is 29.7 Å². The van der Waals surface area contributed by atoms with Crippen molar-refractivity contribution in [2.24, 2.45) is 15.0 Å². The third-order valence-electron chi connectivity index (χ3n) is 3.74. The smallest absolute Gasteiger partial charge is 0.538 e. The summed E-state index contributed by atoms with van der Waals surface area (Å²) in [6.45, 7) is 27.7. The van der Waals surface area contributed by atoms with Gasteiger partial charge in [-0.2, -0.15) is 0 Å². The molecule has 0 spiro atoms. The molecule has 0 aromatic heterocycles. The first-order valence-corrected chi connectivity index (χ1v) is 12.1. The summed E-state index contributed by atoms with van der Waals surface area (Å²) in [5.74, 6) is 0. The Morgan fingerprint density at radius 1 is 0.452 bits per heavy atom. The molecule has 0 amide bonds. The van der Waals surface area contributed by atoms with Gasteiger partial charge in [-0.15, -0.1) is 0 Å². The molecule has 0 aliphatic heterocycles. The molecule has 0 atom stereocenters. The van der Waals surface area contributed by atoms with Gasteiger partial charge in [0.1, 0.15) is 0 Å². The Kier molecular flexibility index (Phi) is 42.0. The maximum atomic E-state index is 4.04. The molecule has 6 nitrogen and oxygen atoms in total. The quantitative estimate of drug-likeness (QED) is 0.118. The van der Waals surface area contributed by atoms with Crippen molar-refractivity contribution in [1.29, 1.82) is 0 Å². The van der Waals surface area contributed by atoms with Crippen molar-refractivity contribution in [3.63, 3.8) is 0 Å². The third-order valence-corrected chi connectivity index (χ3v) is 3.74. The van der Waals surface area contributed by atoms with Crippen molar-refractivity contribution in [2.75, 3.05) is 58.9 Å². The fraction of sp³-hybridized carbons (Fsp3) is 0.875. The van der Waals surface area contributed by atoms with Crippen molar-refractivity contribution >= 4 is 19.0 Å². The van der Waals surface area contributed by atoms with Crippen molar-refractivity contribution < 1.29 is 38.2 Å². The number of aliphatic imine (C=N–C) groups is 3. The van der Waals surface area contributed by atoms with Gasteiger partial charge in [0, 0.05) is 0 Å². The molecule has 0 aromatic carbocycles. The predicted molar refractivity (Wildman–Crippen MR) is 137 cm³/mol. The van der Waals surface area contributed by atoms with Gasteiger partial charge in [-0.1, -0.05) is 41.5 Å². The van der Waals surface area contributed by atoms with E-state index in [1.54, 1.807) is 0 Å². The van der Waals surface area contributed by atoms with Gasteiger partial charge in [0.15, 0.2) is 0 Å². The van der Waals surface area contributed by atoms with E-state index in [0.29, 0.717) is 0 Å². The van der Waals surface area contributed by atoms with Gasteiger partial charge in [-0.25, -0.2) is 0 Å². The van der Waals surface area contributed by atoms with E-state index < -0.39 is 0 Å². The molecular weight excluding hydrogens is 535 g/mol. The fourth-order valence-corrected chi connectivity index (χ4v) is 2.16. The summed E-state index contributed by atoms with van der Waals surface area (Å²) < 4.78 is 0. The van der Waals surface area contributed by atoms with Crippen LogP contribution in [0.25, 0.3) is 0 Å². The maximum absolute atomic E-state index is 4.04. The molecule has 0 saturated heterocycles. The Balaban J connectivity index is -0.000000174. The van der Waals surface area contributed by atoms with Crippen molar-refractivity contribution in [3.8, 4) is 0 Å². The van der Waals surface area contributed by atoms with Crippen LogP contribution in [0.15, 0.2) is 15.0 Å². The molecule has 31 heavy (non-hydrogen) atoms. The van der Waals surface area contributed by atoms with Crippen LogP contribution in [0.3, 0.4) is 0 Å². The topological polar surface area (TPSA) is 46.8 Å². The summed E-state index contributed by atoms with van der Waals surface area (Å²) >= 11 is 0. The predicted octanol–water partition coefficient (Wildman–Crippen LogP) is 4.93. The molecule has 0 heterocycles. The van der Waals surface area contributed by atoms with E-state index in [0.717, 1.165) is 58.9 Å². The number of rotatable bonds is 15. The minimum atomic E-state index is 0. The molecule has 0 bridgehead atoms. The molecule has 1 radical (unpaired) electrons. The molecule has 0 saturated carbocycles. The minimum absolute atomic E-state index is 0. The van der Waals surface area contributed by atoms with E-state index in [1.165, 1.54) is 19.3 Å². The zero-order chi connectivity index (χ0) is 23.5. The van der Waals surface area contributed by atoms with Gasteiger partial charge in [-0.05, 0) is 98.9 Å². The Labute approximate surface area is 226 Å². The standard InChI is InChI=1S/3C8H17N2.Dy/c3*1-4-7-10(6-3)8-9-5-2;/h3*4-7H2,1-3H3;/q3*-1;+3. The number of nitrogens with zero attached hydrogens (tertiary/aromatic N) is 6. The van der Waals surface area contributed by atoms with Gasteiger partial charge in [-0.3, -0.25) is 19.0 Å². The van der Waals surface area contributed by atoms with E-state index in [9.17, 15) is 0 Å². The van der Waals surface area contributed by atoms with E-state index in [-0.39, 0.29) is 38.2 Å². The number of hydrogen-bond donors (Lipinski definition) is 0. The summed E-state index contributed by atoms with van der Waals surface area (Å²) in [6, 6.07) is 0. The second-order valence-corrected chi connectivity index (χ2v) is 6.46. The Morgan fingerprint density at radius 2 is 0.677 bits per heavy atom. The molecule has 0 aliphatic rings. The van der Waals surface area contributed by atoms with Gasteiger partial charge in [0.25, 0.3) is 0 Å². The van der Waals surface area contributed by atoms with Crippen LogP contribution in [0, 0.1) is 38.2 Å². The van der Waals surface area contributed by atoms with Gasteiger partial charge in [0.2, 0.25) is 0 Å². The first-order chi connectivity index (χ1) is 14.5. The zero-order valence-electron chi connectivity index (χ0n) is 22.0. The largest absolute Gasteiger partial charge is 3.00 e. The SMILES string of the molecule is CCCN([C-]=NCC)CC.CCCN([C-]=NCC)CC.CCCN([C-]=NCC)CC.[Dy+3]. The summed E-state index contributed by atoms with van der Waals surface area (Å²) in [4.78, 5) is 18.4. The van der Waals surface area contributed by atoms with E-state index in [2.05, 4.69) is 90.2 Å². The van der Waals surface area contributed by atoms with E-state index >= 15 is 0 Å². The zero-order valence-corrected chi connectivity index (χ0v) is 24.0. The first-order valence-electron chi connectivity index (χ1n) is 12.1. The molecule has 0 N–H and O–H groups in total. The average molecular weight is 586 g/mol. The second-order valence-electron chi connectivity index (χ2n) is 6.46. The summed E-state index contributed by atoms with van der Waals surface area (Å²) in [7, 11) is 0. The minimum Gasteiger partial charge on any atom is -0.538 e. The van der Waals surface area contributed by atoms with Crippen LogP contribution in [0.2, 0.25) is 0 Å². The Morgan fingerprint density at radius 3 is 0.806 bits per heavy atom. The molecule has 0 fully saturated rings. The molecule has 0 rings (SSSR count). The van der Waals surface area contributed by atoms with E-state index in [4.69, 9.17) is 0 Å². The van der Waals surface area contributed by atoms with Crippen molar-refractivity contribution in [2.45, 2.75) is 81.6 Å². The fourth-order valence-electron chi connectivity index (χ4n) is 2.16. The molecule has 0 aliphatic carbocycles. The molecule has 187 valence electrons. The average Bonchev–Trinajstić information content (AvgIpc) is 2.77. The van der Waals surface area contributed by atoms with Crippen LogP contribution in [0.1, 0.15) is 81.6 Å². The normalized spacial score (nSPS) is 10.4. The summed E-state index contributed by atoms with van der Waals surface area (Å²) in [5.41, 5.74) is 0. The van der Waals surface area contributed by atoms with Crippen LogP contribution < -0.4 is 0 Å². The van der Waals surface area contributed by atoms with E-state index in [1.807, 2.05) is 20.8 Å². The first kappa shape index (κ1) is 38.0. The van der Waals surface area contributed by atoms with Crippen LogP contribution in [0.5, 0.6) is 0 Å². The third kappa shape index (κ3) is 31.9. The maximum Gasteiger partial charge on any atom is 3.00 e. The second kappa shape index (κ2) is 34.3. The Bertz CT molecular complexity index is 331. The summed E-state index contributed by atoms with van der Waals surface area (Å²) in [6.07, 6.45) is 12.4. The molecular formula is C24H51DyN6. The molecule has 0 aromatic rings.